The summed E-state index contributed by atoms with van der Waals surface area (Å²) in [5, 5.41) is 4.40. The monoisotopic (exact) mass is 450 g/mol. The van der Waals surface area contributed by atoms with E-state index in [1.165, 1.54) is 22.3 Å². The third-order valence-corrected chi connectivity index (χ3v) is 5.77. The summed E-state index contributed by atoms with van der Waals surface area (Å²) in [6.07, 6.45) is 3.04. The molecule has 3 nitrogen and oxygen atoms in total. The number of nitrogens with one attached hydrogen (secondary N) is 1. The Hall–Kier alpha value is -2.33. The zero-order valence-electron chi connectivity index (χ0n) is 19.5. The van der Waals surface area contributed by atoms with Gasteiger partial charge in [-0.3, -0.25) is 0 Å². The van der Waals surface area contributed by atoms with Crippen LogP contribution in [0.1, 0.15) is 29.2 Å². The first-order valence-corrected chi connectivity index (χ1v) is 11.8. The molecule has 32 heavy (non-hydrogen) atoms. The van der Waals surface area contributed by atoms with Crippen LogP contribution in [0.5, 0.6) is 5.75 Å². The lowest BCUT2D eigenvalue weighted by Crippen LogP contribution is -2.29. The Bertz CT molecular complexity index is 938. The zero-order chi connectivity index (χ0) is 22.8. The summed E-state index contributed by atoms with van der Waals surface area (Å²) in [6.45, 7) is 4.83. The lowest BCUT2D eigenvalue weighted by Gasteiger charge is -2.14. The van der Waals surface area contributed by atoms with Crippen LogP contribution in [0.25, 0.3) is 0 Å². The molecule has 0 fully saturated rings. The summed E-state index contributed by atoms with van der Waals surface area (Å²) in [4.78, 5) is 2.21. The molecule has 1 atom stereocenters. The van der Waals surface area contributed by atoms with E-state index in [4.69, 9.17) is 16.3 Å². The molecule has 0 aromatic heterocycles. The normalized spacial score (nSPS) is 12.2. The predicted molar refractivity (Wildman–Crippen MR) is 136 cm³/mol. The highest BCUT2D eigenvalue weighted by molar-refractivity contribution is 6.30. The first kappa shape index (κ1) is 24.3. The maximum absolute atomic E-state index is 6.06. The van der Waals surface area contributed by atoms with Gasteiger partial charge in [0, 0.05) is 17.6 Å². The Kier molecular flexibility index (Phi) is 9.61. The smallest absolute Gasteiger partial charge is 0.119 e. The van der Waals surface area contributed by atoms with Crippen molar-refractivity contribution in [2.75, 3.05) is 27.2 Å². The zero-order valence-corrected chi connectivity index (χ0v) is 20.2. The van der Waals surface area contributed by atoms with Crippen LogP contribution >= 0.6 is 11.6 Å². The average molecular weight is 451 g/mol. The molecule has 170 valence electrons. The molecule has 4 heteroatoms. The fourth-order valence-corrected chi connectivity index (χ4v) is 3.84. The van der Waals surface area contributed by atoms with Crippen molar-refractivity contribution in [3.05, 3.63) is 100 Å². The fraction of sp³-hybridized carbons (Fsp3) is 0.357. The summed E-state index contributed by atoms with van der Waals surface area (Å²) in [7, 11) is 4.21. The Labute approximate surface area is 198 Å². The maximum atomic E-state index is 6.06. The SMILES string of the molecule is CC(Cc1ccc(OCc2ccc(CCN(C)C)cc2)cc1)NCCc1cccc(Cl)c1. The van der Waals surface area contributed by atoms with Crippen molar-refractivity contribution in [2.45, 2.75) is 38.8 Å². The molecule has 0 aliphatic rings. The van der Waals surface area contributed by atoms with E-state index in [9.17, 15) is 0 Å². The second kappa shape index (κ2) is 12.6. The van der Waals surface area contributed by atoms with Crippen molar-refractivity contribution in [3.8, 4) is 5.75 Å². The standard InChI is InChI=1S/C28H35ClN2O/c1-22(30-17-15-24-5-4-6-27(29)20-24)19-25-11-13-28(14-12-25)32-21-26-9-7-23(8-10-26)16-18-31(2)3/h4-14,20,22,30H,15-19,21H2,1-3H3. The van der Waals surface area contributed by atoms with E-state index < -0.39 is 0 Å². The third kappa shape index (κ3) is 8.66. The van der Waals surface area contributed by atoms with Crippen LogP contribution in [0.3, 0.4) is 0 Å². The van der Waals surface area contributed by atoms with Crippen LogP contribution in [0.15, 0.2) is 72.8 Å². The average Bonchev–Trinajstić information content (AvgIpc) is 2.78. The van der Waals surface area contributed by atoms with E-state index in [-0.39, 0.29) is 0 Å². The lowest BCUT2D eigenvalue weighted by molar-refractivity contribution is 0.306. The maximum Gasteiger partial charge on any atom is 0.119 e. The van der Waals surface area contributed by atoms with Gasteiger partial charge >= 0.3 is 0 Å². The summed E-state index contributed by atoms with van der Waals surface area (Å²) in [5.74, 6) is 0.909. The molecule has 1 unspecified atom stereocenters. The highest BCUT2D eigenvalue weighted by Gasteiger charge is 2.05. The molecular weight excluding hydrogens is 416 g/mol. The Morgan fingerprint density at radius 3 is 2.22 bits per heavy atom. The molecule has 0 aliphatic heterocycles. The molecule has 0 saturated carbocycles. The number of nitrogens with zero attached hydrogens (tertiary/aromatic N) is 1. The van der Waals surface area contributed by atoms with Crippen LogP contribution < -0.4 is 10.1 Å². The second-order valence-corrected chi connectivity index (χ2v) is 9.18. The van der Waals surface area contributed by atoms with Gasteiger partial charge in [-0.1, -0.05) is 60.1 Å². The molecule has 3 aromatic carbocycles. The highest BCUT2D eigenvalue weighted by atomic mass is 35.5. The molecule has 0 spiro atoms. The molecule has 0 bridgehead atoms. The van der Waals surface area contributed by atoms with Crippen molar-refractivity contribution in [1.82, 2.24) is 10.2 Å². The largest absolute Gasteiger partial charge is 0.489 e. The van der Waals surface area contributed by atoms with E-state index in [1.807, 2.05) is 18.2 Å². The highest BCUT2D eigenvalue weighted by Crippen LogP contribution is 2.16. The first-order chi connectivity index (χ1) is 15.5. The number of likely N-dealkylation sites (N-methyl/N-ethyl adjacent to an activating group) is 1. The van der Waals surface area contributed by atoms with Gasteiger partial charge in [0.05, 0.1) is 0 Å². The molecule has 1 N–H and O–H groups in total. The topological polar surface area (TPSA) is 24.5 Å². The molecule has 0 saturated heterocycles. The minimum Gasteiger partial charge on any atom is -0.489 e. The van der Waals surface area contributed by atoms with E-state index in [0.29, 0.717) is 12.6 Å². The molecule has 0 radical (unpaired) electrons. The Morgan fingerprint density at radius 1 is 0.844 bits per heavy atom. The van der Waals surface area contributed by atoms with Gasteiger partial charge in [-0.2, -0.15) is 0 Å². The van der Waals surface area contributed by atoms with Crippen molar-refractivity contribution >= 4 is 11.6 Å². The van der Waals surface area contributed by atoms with Crippen molar-refractivity contribution in [1.29, 1.82) is 0 Å². The number of ether oxygens (including phenoxy) is 1. The predicted octanol–water partition coefficient (Wildman–Crippen LogP) is 5.79. The number of benzene rings is 3. The van der Waals surface area contributed by atoms with Crippen molar-refractivity contribution < 1.29 is 4.74 Å². The third-order valence-electron chi connectivity index (χ3n) is 5.54. The van der Waals surface area contributed by atoms with Crippen molar-refractivity contribution in [2.24, 2.45) is 0 Å². The Morgan fingerprint density at radius 2 is 1.53 bits per heavy atom. The van der Waals surface area contributed by atoms with Gasteiger partial charge in [0.25, 0.3) is 0 Å². The fourth-order valence-electron chi connectivity index (χ4n) is 3.62. The van der Waals surface area contributed by atoms with Gasteiger partial charge in [-0.15, -0.1) is 0 Å². The second-order valence-electron chi connectivity index (χ2n) is 8.74. The molecule has 3 rings (SSSR count). The van der Waals surface area contributed by atoms with Crippen LogP contribution in [0.4, 0.5) is 0 Å². The molecule has 3 aromatic rings. The van der Waals surface area contributed by atoms with Crippen LogP contribution in [-0.2, 0) is 25.9 Å². The first-order valence-electron chi connectivity index (χ1n) is 11.4. The van der Waals surface area contributed by atoms with Gasteiger partial charge in [0.2, 0.25) is 0 Å². The summed E-state index contributed by atoms with van der Waals surface area (Å²) >= 11 is 6.06. The van der Waals surface area contributed by atoms with Gasteiger partial charge in [0.15, 0.2) is 0 Å². The van der Waals surface area contributed by atoms with Crippen LogP contribution in [0, 0.1) is 0 Å². The van der Waals surface area contributed by atoms with E-state index in [1.54, 1.807) is 0 Å². The number of hydrogen-bond donors (Lipinski definition) is 1. The van der Waals surface area contributed by atoms with Crippen LogP contribution in [-0.4, -0.2) is 38.1 Å². The number of hydrogen-bond acceptors (Lipinski definition) is 3. The van der Waals surface area contributed by atoms with E-state index >= 15 is 0 Å². The van der Waals surface area contributed by atoms with Gasteiger partial charge in [0.1, 0.15) is 12.4 Å². The Balaban J connectivity index is 1.38. The van der Waals surface area contributed by atoms with E-state index in [2.05, 4.69) is 85.8 Å². The number of halogens is 1. The molecule has 0 amide bonds. The van der Waals surface area contributed by atoms with Gasteiger partial charge < -0.3 is 15.0 Å². The quantitative estimate of drug-likeness (QED) is 0.378. The lowest BCUT2D eigenvalue weighted by atomic mass is 10.1. The van der Waals surface area contributed by atoms with Gasteiger partial charge in [-0.05, 0) is 93.3 Å². The molecule has 0 heterocycles. The van der Waals surface area contributed by atoms with E-state index in [0.717, 1.165) is 43.1 Å². The van der Waals surface area contributed by atoms with Crippen molar-refractivity contribution in [3.63, 3.8) is 0 Å². The number of rotatable bonds is 12. The van der Waals surface area contributed by atoms with Crippen LogP contribution in [0.2, 0.25) is 5.02 Å². The minimum atomic E-state index is 0.409. The summed E-state index contributed by atoms with van der Waals surface area (Å²) in [6, 6.07) is 25.7. The summed E-state index contributed by atoms with van der Waals surface area (Å²) in [5.41, 5.74) is 5.13. The van der Waals surface area contributed by atoms with Gasteiger partial charge in [-0.25, -0.2) is 0 Å². The summed E-state index contributed by atoms with van der Waals surface area (Å²) < 4.78 is 5.98. The molecule has 0 aliphatic carbocycles. The molecular formula is C28H35ClN2O. The minimum absolute atomic E-state index is 0.409.